The minimum atomic E-state index is 0.629. The number of anilines is 1. The van der Waals surface area contributed by atoms with Gasteiger partial charge in [-0.1, -0.05) is 12.2 Å². The minimum Gasteiger partial charge on any atom is -0.486 e. The predicted octanol–water partition coefficient (Wildman–Crippen LogP) is 3.84. The molecule has 3 nitrogen and oxygen atoms in total. The van der Waals surface area contributed by atoms with Crippen molar-refractivity contribution in [2.45, 2.75) is 12.8 Å². The van der Waals surface area contributed by atoms with Gasteiger partial charge in [-0.25, -0.2) is 0 Å². The van der Waals surface area contributed by atoms with Crippen molar-refractivity contribution < 1.29 is 9.47 Å². The number of hydrogen-bond acceptors (Lipinski definition) is 3. The maximum absolute atomic E-state index is 5.64. The minimum absolute atomic E-state index is 0.629. The molecule has 106 valence electrons. The summed E-state index contributed by atoms with van der Waals surface area (Å²) in [6, 6.07) is 4.04. The van der Waals surface area contributed by atoms with Gasteiger partial charge in [-0.2, -0.15) is 0 Å². The molecule has 4 heteroatoms. The lowest BCUT2D eigenvalue weighted by atomic mass is 9.93. The Hall–Kier alpha value is -1.16. The van der Waals surface area contributed by atoms with E-state index in [0.29, 0.717) is 13.2 Å². The first-order valence-electron chi connectivity index (χ1n) is 7.31. The number of ether oxygens (including phenoxy) is 2. The Balaban J connectivity index is 1.47. The van der Waals surface area contributed by atoms with Crippen LogP contribution in [0.2, 0.25) is 0 Å². The van der Waals surface area contributed by atoms with E-state index in [4.69, 9.17) is 9.47 Å². The van der Waals surface area contributed by atoms with Gasteiger partial charge in [0.15, 0.2) is 11.5 Å². The van der Waals surface area contributed by atoms with E-state index in [1.807, 2.05) is 12.1 Å². The number of allylic oxidation sites excluding steroid dienone is 2. The van der Waals surface area contributed by atoms with Crippen molar-refractivity contribution >= 4 is 21.6 Å². The van der Waals surface area contributed by atoms with Gasteiger partial charge in [0, 0.05) is 23.2 Å². The highest BCUT2D eigenvalue weighted by Gasteiger charge is 2.35. The summed E-state index contributed by atoms with van der Waals surface area (Å²) >= 11 is 3.61. The SMILES string of the molecule is Brc1cc2c(cc1NCC1CC3C=CC1C3)OCCO2. The molecular formula is C16H18BrNO2. The quantitative estimate of drug-likeness (QED) is 0.851. The van der Waals surface area contributed by atoms with E-state index in [0.717, 1.165) is 46.0 Å². The van der Waals surface area contributed by atoms with Crippen LogP contribution in [0.1, 0.15) is 12.8 Å². The normalized spacial score (nSPS) is 29.8. The molecule has 3 aliphatic rings. The second-order valence-electron chi connectivity index (χ2n) is 5.90. The third-order valence-electron chi connectivity index (χ3n) is 4.60. The molecule has 1 aromatic carbocycles. The van der Waals surface area contributed by atoms with Crippen LogP contribution in [0, 0.1) is 17.8 Å². The van der Waals surface area contributed by atoms with Crippen LogP contribution in [-0.4, -0.2) is 19.8 Å². The smallest absolute Gasteiger partial charge is 0.163 e. The molecule has 0 spiro atoms. The van der Waals surface area contributed by atoms with Crippen LogP contribution in [0.25, 0.3) is 0 Å². The van der Waals surface area contributed by atoms with Crippen molar-refractivity contribution in [2.75, 3.05) is 25.1 Å². The molecule has 0 amide bonds. The van der Waals surface area contributed by atoms with Gasteiger partial charge < -0.3 is 14.8 Å². The van der Waals surface area contributed by atoms with Crippen LogP contribution in [0.5, 0.6) is 11.5 Å². The summed E-state index contributed by atoms with van der Waals surface area (Å²) in [6.07, 6.45) is 7.48. The van der Waals surface area contributed by atoms with Crippen molar-refractivity contribution in [1.29, 1.82) is 0 Å². The van der Waals surface area contributed by atoms with Gasteiger partial charge in [-0.05, 0) is 46.5 Å². The second-order valence-corrected chi connectivity index (χ2v) is 6.75. The van der Waals surface area contributed by atoms with Gasteiger partial charge in [-0.3, -0.25) is 0 Å². The maximum atomic E-state index is 5.64. The molecule has 3 unspecified atom stereocenters. The fraction of sp³-hybridized carbons (Fsp3) is 0.500. The van der Waals surface area contributed by atoms with Crippen LogP contribution in [0.4, 0.5) is 5.69 Å². The Morgan fingerprint density at radius 2 is 1.90 bits per heavy atom. The molecule has 3 atom stereocenters. The molecule has 1 N–H and O–H groups in total. The average Bonchev–Trinajstić information content (AvgIpc) is 3.07. The molecule has 20 heavy (non-hydrogen) atoms. The molecule has 0 saturated heterocycles. The molecule has 4 rings (SSSR count). The van der Waals surface area contributed by atoms with Gasteiger partial charge in [-0.15, -0.1) is 0 Å². The number of rotatable bonds is 3. The molecule has 2 aliphatic carbocycles. The first-order chi connectivity index (χ1) is 9.79. The summed E-state index contributed by atoms with van der Waals surface area (Å²) in [7, 11) is 0. The number of nitrogens with one attached hydrogen (secondary N) is 1. The molecule has 1 heterocycles. The number of hydrogen-bond donors (Lipinski definition) is 1. The third kappa shape index (κ3) is 2.20. The van der Waals surface area contributed by atoms with E-state index in [1.165, 1.54) is 12.8 Å². The van der Waals surface area contributed by atoms with Crippen LogP contribution in [0.15, 0.2) is 28.8 Å². The molecule has 1 aliphatic heterocycles. The zero-order valence-corrected chi connectivity index (χ0v) is 12.9. The number of halogens is 1. The molecule has 0 aromatic heterocycles. The zero-order chi connectivity index (χ0) is 13.5. The Morgan fingerprint density at radius 1 is 1.10 bits per heavy atom. The van der Waals surface area contributed by atoms with Gasteiger partial charge in [0.25, 0.3) is 0 Å². The molecular weight excluding hydrogens is 318 g/mol. The Labute approximate surface area is 127 Å². The number of fused-ring (bicyclic) bond motifs is 3. The highest BCUT2D eigenvalue weighted by atomic mass is 79.9. The molecule has 1 fully saturated rings. The first-order valence-corrected chi connectivity index (χ1v) is 8.10. The van der Waals surface area contributed by atoms with Crippen LogP contribution < -0.4 is 14.8 Å². The van der Waals surface area contributed by atoms with Gasteiger partial charge in [0.1, 0.15) is 13.2 Å². The van der Waals surface area contributed by atoms with Crippen molar-refractivity contribution in [3.05, 3.63) is 28.8 Å². The van der Waals surface area contributed by atoms with Crippen LogP contribution in [0.3, 0.4) is 0 Å². The monoisotopic (exact) mass is 335 g/mol. The number of benzene rings is 1. The van der Waals surface area contributed by atoms with E-state index in [1.54, 1.807) is 0 Å². The lowest BCUT2D eigenvalue weighted by Crippen LogP contribution is -2.19. The lowest BCUT2D eigenvalue weighted by molar-refractivity contribution is 0.171. The summed E-state index contributed by atoms with van der Waals surface area (Å²) in [5, 5.41) is 3.57. The van der Waals surface area contributed by atoms with E-state index in [9.17, 15) is 0 Å². The summed E-state index contributed by atoms with van der Waals surface area (Å²) in [5.41, 5.74) is 1.10. The van der Waals surface area contributed by atoms with Gasteiger partial charge >= 0.3 is 0 Å². The van der Waals surface area contributed by atoms with Gasteiger partial charge in [0.05, 0.1) is 5.69 Å². The fourth-order valence-corrected chi connectivity index (χ4v) is 4.03. The van der Waals surface area contributed by atoms with Crippen LogP contribution in [-0.2, 0) is 0 Å². The average molecular weight is 336 g/mol. The fourth-order valence-electron chi connectivity index (χ4n) is 3.57. The summed E-state index contributed by atoms with van der Waals surface area (Å²) in [5.74, 6) is 4.05. The van der Waals surface area contributed by atoms with Crippen molar-refractivity contribution in [1.82, 2.24) is 0 Å². The molecule has 2 bridgehead atoms. The molecule has 1 aromatic rings. The largest absolute Gasteiger partial charge is 0.486 e. The lowest BCUT2D eigenvalue weighted by Gasteiger charge is -2.22. The summed E-state index contributed by atoms with van der Waals surface area (Å²) < 4.78 is 12.3. The summed E-state index contributed by atoms with van der Waals surface area (Å²) in [4.78, 5) is 0. The third-order valence-corrected chi connectivity index (χ3v) is 5.26. The van der Waals surface area contributed by atoms with Crippen molar-refractivity contribution in [3.8, 4) is 11.5 Å². The maximum Gasteiger partial charge on any atom is 0.163 e. The topological polar surface area (TPSA) is 30.5 Å². The van der Waals surface area contributed by atoms with E-state index in [2.05, 4.69) is 33.4 Å². The first kappa shape index (κ1) is 12.6. The van der Waals surface area contributed by atoms with E-state index >= 15 is 0 Å². The standard InChI is InChI=1S/C16H18BrNO2/c17-13-7-15-16(20-4-3-19-15)8-14(13)18-9-12-6-10-1-2-11(12)5-10/h1-2,7-8,10-12,18H,3-6,9H2. The van der Waals surface area contributed by atoms with E-state index < -0.39 is 0 Å². The predicted molar refractivity (Wildman–Crippen MR) is 82.5 cm³/mol. The van der Waals surface area contributed by atoms with Crippen LogP contribution >= 0.6 is 15.9 Å². The molecule has 1 saturated carbocycles. The second kappa shape index (κ2) is 4.99. The summed E-state index contributed by atoms with van der Waals surface area (Å²) in [6.45, 7) is 2.29. The Kier molecular flexibility index (Phi) is 3.14. The highest BCUT2D eigenvalue weighted by Crippen LogP contribution is 2.44. The highest BCUT2D eigenvalue weighted by molar-refractivity contribution is 9.10. The Morgan fingerprint density at radius 3 is 2.60 bits per heavy atom. The van der Waals surface area contributed by atoms with E-state index in [-0.39, 0.29) is 0 Å². The van der Waals surface area contributed by atoms with Crippen molar-refractivity contribution in [2.24, 2.45) is 17.8 Å². The Bertz CT molecular complexity index is 558. The zero-order valence-electron chi connectivity index (χ0n) is 11.3. The van der Waals surface area contributed by atoms with Crippen molar-refractivity contribution in [3.63, 3.8) is 0 Å². The van der Waals surface area contributed by atoms with Gasteiger partial charge in [0.2, 0.25) is 0 Å². The molecule has 0 radical (unpaired) electrons.